The predicted octanol–water partition coefficient (Wildman–Crippen LogP) is 1.68. The summed E-state index contributed by atoms with van der Waals surface area (Å²) in [5, 5.41) is 11.3. The molecule has 3 N–H and O–H groups in total. The molecule has 1 unspecified atom stereocenters. The van der Waals surface area contributed by atoms with Gasteiger partial charge in [-0.15, -0.1) is 0 Å². The Kier molecular flexibility index (Phi) is 7.88. The zero-order valence-electron chi connectivity index (χ0n) is 16.4. The van der Waals surface area contributed by atoms with Gasteiger partial charge in [-0.25, -0.2) is 4.39 Å². The van der Waals surface area contributed by atoms with E-state index in [9.17, 15) is 18.8 Å². The van der Waals surface area contributed by atoms with Gasteiger partial charge in [0.05, 0.1) is 11.6 Å². The van der Waals surface area contributed by atoms with E-state index in [0.717, 1.165) is 12.1 Å². The Balaban J connectivity index is 1.85. The van der Waals surface area contributed by atoms with Gasteiger partial charge in [0.15, 0.2) is 6.61 Å². The topological polar surface area (TPSA) is 120 Å². The Hall–Kier alpha value is -3.93. The van der Waals surface area contributed by atoms with Crippen molar-refractivity contribution in [2.24, 2.45) is 5.92 Å². The molecule has 2 rings (SSSR count). The summed E-state index contributed by atoms with van der Waals surface area (Å²) in [4.78, 5) is 36.5. The van der Waals surface area contributed by atoms with Crippen LogP contribution in [0.25, 0.3) is 0 Å². The molecule has 0 aromatic heterocycles. The minimum Gasteiger partial charge on any atom is -0.484 e. The van der Waals surface area contributed by atoms with Crippen LogP contribution >= 0.6 is 0 Å². The van der Waals surface area contributed by atoms with Crippen LogP contribution < -0.4 is 20.9 Å². The molecule has 30 heavy (non-hydrogen) atoms. The summed E-state index contributed by atoms with van der Waals surface area (Å²) >= 11 is 0. The Morgan fingerprint density at radius 3 is 2.23 bits per heavy atom. The number of hydrogen-bond acceptors (Lipinski definition) is 5. The highest BCUT2D eigenvalue weighted by Gasteiger charge is 2.25. The third kappa shape index (κ3) is 6.60. The summed E-state index contributed by atoms with van der Waals surface area (Å²) in [5.74, 6) is -2.13. The molecule has 0 saturated heterocycles. The average molecular weight is 412 g/mol. The van der Waals surface area contributed by atoms with E-state index in [1.807, 2.05) is 6.07 Å². The molecule has 3 amide bonds. The normalized spacial score (nSPS) is 11.2. The number of rotatable bonds is 7. The maximum atomic E-state index is 13.0. The number of halogens is 1. The highest BCUT2D eigenvalue weighted by Crippen LogP contribution is 2.11. The molecule has 2 aromatic carbocycles. The quantitative estimate of drug-likeness (QED) is 0.598. The van der Waals surface area contributed by atoms with Crippen LogP contribution in [0.5, 0.6) is 5.75 Å². The summed E-state index contributed by atoms with van der Waals surface area (Å²) < 4.78 is 18.3. The number of hydrazine groups is 1. The van der Waals surface area contributed by atoms with Crippen molar-refractivity contribution >= 4 is 17.7 Å². The second-order valence-electron chi connectivity index (χ2n) is 6.66. The Labute approximate surface area is 173 Å². The molecule has 0 aliphatic rings. The van der Waals surface area contributed by atoms with Crippen LogP contribution in [-0.4, -0.2) is 30.4 Å². The third-order valence-corrected chi connectivity index (χ3v) is 4.02. The van der Waals surface area contributed by atoms with Crippen molar-refractivity contribution in [2.45, 2.75) is 19.9 Å². The van der Waals surface area contributed by atoms with Gasteiger partial charge in [-0.05, 0) is 54.4 Å². The van der Waals surface area contributed by atoms with Gasteiger partial charge in [-0.3, -0.25) is 25.2 Å². The maximum Gasteiger partial charge on any atom is 0.276 e. The lowest BCUT2D eigenvalue weighted by molar-refractivity contribution is -0.131. The Morgan fingerprint density at radius 2 is 1.67 bits per heavy atom. The predicted molar refractivity (Wildman–Crippen MR) is 105 cm³/mol. The SMILES string of the molecule is CC(C)C(NC(=O)c1ccc(F)cc1)C(=O)NNC(=O)COc1ccc(C#N)cc1. The highest BCUT2D eigenvalue weighted by molar-refractivity contribution is 5.97. The molecule has 0 bridgehead atoms. The van der Waals surface area contributed by atoms with Gasteiger partial charge in [-0.2, -0.15) is 5.26 Å². The van der Waals surface area contributed by atoms with Gasteiger partial charge in [-0.1, -0.05) is 13.8 Å². The Morgan fingerprint density at radius 1 is 1.03 bits per heavy atom. The van der Waals surface area contributed by atoms with E-state index in [2.05, 4.69) is 16.2 Å². The molecule has 0 fully saturated rings. The number of hydrogen-bond donors (Lipinski definition) is 3. The van der Waals surface area contributed by atoms with Crippen LogP contribution in [0.4, 0.5) is 4.39 Å². The first kappa shape index (κ1) is 22.4. The smallest absolute Gasteiger partial charge is 0.276 e. The number of amides is 3. The lowest BCUT2D eigenvalue weighted by Crippen LogP contribution is -2.55. The lowest BCUT2D eigenvalue weighted by atomic mass is 10.0. The first-order chi connectivity index (χ1) is 14.3. The zero-order chi connectivity index (χ0) is 22.1. The van der Waals surface area contributed by atoms with E-state index < -0.39 is 29.6 Å². The molecule has 9 heteroatoms. The first-order valence-corrected chi connectivity index (χ1v) is 9.08. The van der Waals surface area contributed by atoms with Crippen molar-refractivity contribution in [3.05, 3.63) is 65.5 Å². The van der Waals surface area contributed by atoms with Crippen LogP contribution in [0, 0.1) is 23.1 Å². The standard InChI is InChI=1S/C21H21FN4O4/c1-13(2)19(24-20(28)15-5-7-16(22)8-6-15)21(29)26-25-18(27)12-30-17-9-3-14(11-23)4-10-17/h3-10,13,19H,12H2,1-2H3,(H,24,28)(H,25,27)(H,26,29). The van der Waals surface area contributed by atoms with E-state index in [1.54, 1.807) is 38.1 Å². The van der Waals surface area contributed by atoms with Crippen molar-refractivity contribution in [3.8, 4) is 11.8 Å². The number of ether oxygens (including phenoxy) is 1. The first-order valence-electron chi connectivity index (χ1n) is 9.08. The van der Waals surface area contributed by atoms with Crippen molar-refractivity contribution < 1.29 is 23.5 Å². The molecular formula is C21H21FN4O4. The minimum absolute atomic E-state index is 0.203. The van der Waals surface area contributed by atoms with Gasteiger partial charge in [0, 0.05) is 5.56 Å². The molecule has 0 spiro atoms. The summed E-state index contributed by atoms with van der Waals surface area (Å²) in [6, 6.07) is 12.1. The van der Waals surface area contributed by atoms with Gasteiger partial charge in [0.25, 0.3) is 17.7 Å². The molecule has 0 saturated carbocycles. The number of carbonyl (C=O) groups excluding carboxylic acids is 3. The highest BCUT2D eigenvalue weighted by atomic mass is 19.1. The number of nitrogens with one attached hydrogen (secondary N) is 3. The molecular weight excluding hydrogens is 391 g/mol. The maximum absolute atomic E-state index is 13.0. The van der Waals surface area contributed by atoms with Crippen molar-refractivity contribution in [1.82, 2.24) is 16.2 Å². The molecule has 1 atom stereocenters. The largest absolute Gasteiger partial charge is 0.484 e. The summed E-state index contributed by atoms with van der Waals surface area (Å²) in [7, 11) is 0. The summed E-state index contributed by atoms with van der Waals surface area (Å²) in [6.07, 6.45) is 0. The van der Waals surface area contributed by atoms with Crippen molar-refractivity contribution in [2.75, 3.05) is 6.61 Å². The second kappa shape index (κ2) is 10.6. The van der Waals surface area contributed by atoms with Gasteiger partial charge in [0.2, 0.25) is 0 Å². The Bertz CT molecular complexity index is 937. The van der Waals surface area contributed by atoms with Crippen LogP contribution in [0.2, 0.25) is 0 Å². The number of nitrogens with zero attached hydrogens (tertiary/aromatic N) is 1. The molecule has 2 aromatic rings. The van der Waals surface area contributed by atoms with E-state index in [-0.39, 0.29) is 18.1 Å². The fraction of sp³-hybridized carbons (Fsp3) is 0.238. The van der Waals surface area contributed by atoms with Crippen LogP contribution in [0.1, 0.15) is 29.8 Å². The van der Waals surface area contributed by atoms with Gasteiger partial charge < -0.3 is 10.1 Å². The van der Waals surface area contributed by atoms with E-state index >= 15 is 0 Å². The molecule has 8 nitrogen and oxygen atoms in total. The zero-order valence-corrected chi connectivity index (χ0v) is 16.4. The number of nitriles is 1. The monoisotopic (exact) mass is 412 g/mol. The fourth-order valence-electron chi connectivity index (χ4n) is 2.38. The lowest BCUT2D eigenvalue weighted by Gasteiger charge is -2.22. The molecule has 0 aliphatic heterocycles. The minimum atomic E-state index is -0.928. The van der Waals surface area contributed by atoms with Gasteiger partial charge >= 0.3 is 0 Å². The van der Waals surface area contributed by atoms with Crippen molar-refractivity contribution in [1.29, 1.82) is 5.26 Å². The average Bonchev–Trinajstić information content (AvgIpc) is 2.74. The molecule has 156 valence electrons. The number of carbonyl (C=O) groups is 3. The molecule has 0 aliphatic carbocycles. The molecule has 0 radical (unpaired) electrons. The third-order valence-electron chi connectivity index (χ3n) is 4.02. The number of benzene rings is 2. The summed E-state index contributed by atoms with van der Waals surface area (Å²) in [5.41, 5.74) is 5.13. The fourth-order valence-corrected chi connectivity index (χ4v) is 2.38. The van der Waals surface area contributed by atoms with E-state index in [0.29, 0.717) is 11.3 Å². The van der Waals surface area contributed by atoms with Crippen molar-refractivity contribution in [3.63, 3.8) is 0 Å². The van der Waals surface area contributed by atoms with E-state index in [1.165, 1.54) is 12.1 Å². The second-order valence-corrected chi connectivity index (χ2v) is 6.66. The molecule has 0 heterocycles. The van der Waals surface area contributed by atoms with Crippen LogP contribution in [0.15, 0.2) is 48.5 Å². The van der Waals surface area contributed by atoms with E-state index in [4.69, 9.17) is 10.00 Å². The van der Waals surface area contributed by atoms with Crippen LogP contribution in [0.3, 0.4) is 0 Å². The summed E-state index contributed by atoms with van der Waals surface area (Å²) in [6.45, 7) is 3.09. The van der Waals surface area contributed by atoms with Gasteiger partial charge in [0.1, 0.15) is 17.6 Å². The van der Waals surface area contributed by atoms with Crippen LogP contribution in [-0.2, 0) is 9.59 Å².